The molecule has 4 heteroatoms. The van der Waals surface area contributed by atoms with E-state index in [1.54, 1.807) is 6.92 Å². The van der Waals surface area contributed by atoms with Crippen molar-refractivity contribution in [2.45, 2.75) is 31.9 Å². The van der Waals surface area contributed by atoms with E-state index in [9.17, 15) is 4.79 Å². The van der Waals surface area contributed by atoms with E-state index in [2.05, 4.69) is 10.6 Å². The highest BCUT2D eigenvalue weighted by atomic mass is 16.3. The van der Waals surface area contributed by atoms with Gasteiger partial charge in [0, 0.05) is 6.54 Å². The fourth-order valence-corrected chi connectivity index (χ4v) is 1.28. The van der Waals surface area contributed by atoms with E-state index < -0.39 is 6.10 Å². The summed E-state index contributed by atoms with van der Waals surface area (Å²) in [5.74, 6) is 0.00778. The van der Waals surface area contributed by atoms with Crippen molar-refractivity contribution in [3.05, 3.63) is 0 Å². The Morgan fingerprint density at radius 1 is 1.83 bits per heavy atom. The third-order valence-corrected chi connectivity index (χ3v) is 1.95. The molecule has 1 fully saturated rings. The van der Waals surface area contributed by atoms with E-state index >= 15 is 0 Å². The van der Waals surface area contributed by atoms with Gasteiger partial charge in [0.15, 0.2) is 0 Å². The number of hydrogen-bond acceptors (Lipinski definition) is 3. The van der Waals surface area contributed by atoms with Gasteiger partial charge in [-0.05, 0) is 26.3 Å². The second kappa shape index (κ2) is 4.42. The molecule has 1 aliphatic rings. The smallest absolute Gasteiger partial charge is 0.237 e. The molecule has 12 heavy (non-hydrogen) atoms. The lowest BCUT2D eigenvalue weighted by molar-refractivity contribution is -0.123. The number of carbonyl (C=O) groups is 1. The van der Waals surface area contributed by atoms with Crippen LogP contribution in [0.25, 0.3) is 0 Å². The molecule has 1 amide bonds. The Morgan fingerprint density at radius 3 is 3.08 bits per heavy atom. The van der Waals surface area contributed by atoms with Crippen LogP contribution in [0.3, 0.4) is 0 Å². The molecule has 3 N–H and O–H groups in total. The molecule has 0 saturated carbocycles. The molecular formula is C8H16N2O2. The van der Waals surface area contributed by atoms with Crippen molar-refractivity contribution in [3.8, 4) is 0 Å². The van der Waals surface area contributed by atoms with Crippen LogP contribution in [0.15, 0.2) is 0 Å². The zero-order chi connectivity index (χ0) is 8.97. The standard InChI is InChI=1S/C8H16N2O2/c1-6(11)5-10-8(12)7-3-2-4-9-7/h6-7,9,11H,2-5H2,1H3,(H,10,12). The van der Waals surface area contributed by atoms with Crippen molar-refractivity contribution < 1.29 is 9.90 Å². The minimum Gasteiger partial charge on any atom is -0.392 e. The lowest BCUT2D eigenvalue weighted by Gasteiger charge is -2.11. The summed E-state index contributed by atoms with van der Waals surface area (Å²) in [6.45, 7) is 2.92. The summed E-state index contributed by atoms with van der Waals surface area (Å²) in [4.78, 5) is 11.3. The van der Waals surface area contributed by atoms with Gasteiger partial charge in [-0.2, -0.15) is 0 Å². The first-order valence-electron chi connectivity index (χ1n) is 4.39. The lowest BCUT2D eigenvalue weighted by Crippen LogP contribution is -2.42. The van der Waals surface area contributed by atoms with Crippen LogP contribution in [0.4, 0.5) is 0 Å². The maximum absolute atomic E-state index is 11.3. The van der Waals surface area contributed by atoms with Gasteiger partial charge in [-0.3, -0.25) is 4.79 Å². The first kappa shape index (κ1) is 9.48. The van der Waals surface area contributed by atoms with E-state index in [-0.39, 0.29) is 11.9 Å². The second-order valence-electron chi connectivity index (χ2n) is 3.24. The zero-order valence-electron chi connectivity index (χ0n) is 7.34. The number of nitrogens with one attached hydrogen (secondary N) is 2. The van der Waals surface area contributed by atoms with Crippen LogP contribution in [0.5, 0.6) is 0 Å². The lowest BCUT2D eigenvalue weighted by atomic mass is 10.2. The fraction of sp³-hybridized carbons (Fsp3) is 0.875. The van der Waals surface area contributed by atoms with E-state index in [1.165, 1.54) is 0 Å². The number of aliphatic hydroxyl groups excluding tert-OH is 1. The molecule has 1 rings (SSSR count). The third-order valence-electron chi connectivity index (χ3n) is 1.95. The Balaban J connectivity index is 2.18. The molecule has 1 saturated heterocycles. The molecule has 0 aromatic heterocycles. The van der Waals surface area contributed by atoms with Crippen LogP contribution < -0.4 is 10.6 Å². The number of hydrogen-bond donors (Lipinski definition) is 3. The second-order valence-corrected chi connectivity index (χ2v) is 3.24. The molecule has 0 aromatic carbocycles. The van der Waals surface area contributed by atoms with Gasteiger partial charge in [-0.1, -0.05) is 0 Å². The maximum Gasteiger partial charge on any atom is 0.237 e. The van der Waals surface area contributed by atoms with Crippen LogP contribution in [0.1, 0.15) is 19.8 Å². The highest BCUT2D eigenvalue weighted by molar-refractivity contribution is 5.81. The monoisotopic (exact) mass is 172 g/mol. The normalized spacial score (nSPS) is 25.3. The van der Waals surface area contributed by atoms with E-state index in [0.29, 0.717) is 6.54 Å². The van der Waals surface area contributed by atoms with Gasteiger partial charge in [-0.15, -0.1) is 0 Å². The minimum atomic E-state index is -0.463. The van der Waals surface area contributed by atoms with Crippen molar-refractivity contribution >= 4 is 5.91 Å². The predicted octanol–water partition coefficient (Wildman–Crippen LogP) is -0.765. The van der Waals surface area contributed by atoms with Crippen LogP contribution in [0.2, 0.25) is 0 Å². The molecule has 0 spiro atoms. The molecule has 0 aliphatic carbocycles. The van der Waals surface area contributed by atoms with Gasteiger partial charge in [0.1, 0.15) is 0 Å². The van der Waals surface area contributed by atoms with Crippen molar-refractivity contribution in [1.82, 2.24) is 10.6 Å². The van der Waals surface area contributed by atoms with Crippen molar-refractivity contribution in [2.75, 3.05) is 13.1 Å². The number of rotatable bonds is 3. The topological polar surface area (TPSA) is 61.4 Å². The Hall–Kier alpha value is -0.610. The summed E-state index contributed by atoms with van der Waals surface area (Å²) in [6, 6.07) is -0.0382. The first-order chi connectivity index (χ1) is 5.70. The summed E-state index contributed by atoms with van der Waals surface area (Å²) in [5.41, 5.74) is 0. The largest absolute Gasteiger partial charge is 0.392 e. The van der Waals surface area contributed by atoms with Crippen molar-refractivity contribution in [2.24, 2.45) is 0 Å². The molecule has 2 atom stereocenters. The SMILES string of the molecule is CC(O)CNC(=O)C1CCCN1. The fourth-order valence-electron chi connectivity index (χ4n) is 1.28. The van der Waals surface area contributed by atoms with Gasteiger partial charge in [0.2, 0.25) is 5.91 Å². The van der Waals surface area contributed by atoms with Gasteiger partial charge in [0.25, 0.3) is 0 Å². The molecule has 4 nitrogen and oxygen atoms in total. The van der Waals surface area contributed by atoms with Crippen LogP contribution in [0, 0.1) is 0 Å². The zero-order valence-corrected chi connectivity index (χ0v) is 7.34. The molecule has 0 radical (unpaired) electrons. The Kier molecular flexibility index (Phi) is 3.49. The predicted molar refractivity (Wildman–Crippen MR) is 45.7 cm³/mol. The average molecular weight is 172 g/mol. The van der Waals surface area contributed by atoms with E-state index in [1.807, 2.05) is 0 Å². The quantitative estimate of drug-likeness (QED) is 0.524. The van der Waals surface area contributed by atoms with Crippen molar-refractivity contribution in [3.63, 3.8) is 0 Å². The van der Waals surface area contributed by atoms with Gasteiger partial charge < -0.3 is 15.7 Å². The molecule has 0 bridgehead atoms. The number of aliphatic hydroxyl groups is 1. The summed E-state index contributed by atoms with van der Waals surface area (Å²) in [5, 5.41) is 14.7. The van der Waals surface area contributed by atoms with Crippen LogP contribution >= 0.6 is 0 Å². The molecular weight excluding hydrogens is 156 g/mol. The summed E-state index contributed by atoms with van der Waals surface area (Å²) in [7, 11) is 0. The summed E-state index contributed by atoms with van der Waals surface area (Å²) >= 11 is 0. The highest BCUT2D eigenvalue weighted by Gasteiger charge is 2.21. The van der Waals surface area contributed by atoms with Gasteiger partial charge in [0.05, 0.1) is 12.1 Å². The Labute approximate surface area is 72.3 Å². The maximum atomic E-state index is 11.3. The Morgan fingerprint density at radius 2 is 2.58 bits per heavy atom. The summed E-state index contributed by atoms with van der Waals surface area (Å²) < 4.78 is 0. The Bertz CT molecular complexity index is 153. The third kappa shape index (κ3) is 2.79. The molecule has 0 aromatic rings. The minimum absolute atomic E-state index is 0.00778. The average Bonchev–Trinajstić information content (AvgIpc) is 2.51. The highest BCUT2D eigenvalue weighted by Crippen LogP contribution is 2.04. The van der Waals surface area contributed by atoms with Crippen LogP contribution in [-0.2, 0) is 4.79 Å². The van der Waals surface area contributed by atoms with E-state index in [4.69, 9.17) is 5.11 Å². The number of carbonyl (C=O) groups excluding carboxylic acids is 1. The van der Waals surface area contributed by atoms with Crippen molar-refractivity contribution in [1.29, 1.82) is 0 Å². The first-order valence-corrected chi connectivity index (χ1v) is 4.39. The van der Waals surface area contributed by atoms with Gasteiger partial charge in [-0.25, -0.2) is 0 Å². The molecule has 1 heterocycles. The van der Waals surface area contributed by atoms with Crippen LogP contribution in [-0.4, -0.2) is 36.2 Å². The van der Waals surface area contributed by atoms with E-state index in [0.717, 1.165) is 19.4 Å². The molecule has 1 aliphatic heterocycles. The van der Waals surface area contributed by atoms with Gasteiger partial charge >= 0.3 is 0 Å². The number of amides is 1. The molecule has 2 unspecified atom stereocenters. The summed E-state index contributed by atoms with van der Waals surface area (Å²) in [6.07, 6.45) is 1.51. The molecule has 70 valence electrons.